The lowest BCUT2D eigenvalue weighted by Gasteiger charge is -2.07. The molecule has 5 heteroatoms. The summed E-state index contributed by atoms with van der Waals surface area (Å²) in [5.74, 6) is 0. The molecule has 0 heterocycles. The van der Waals surface area contributed by atoms with Crippen molar-refractivity contribution < 1.29 is 11.8 Å². The van der Waals surface area contributed by atoms with Crippen molar-refractivity contribution in [1.82, 2.24) is 0 Å². The van der Waals surface area contributed by atoms with Crippen molar-refractivity contribution >= 4 is 28.7 Å². The molecule has 0 radical (unpaired) electrons. The first-order chi connectivity index (χ1) is 10.2. The molecule has 0 atom stereocenters. The van der Waals surface area contributed by atoms with Crippen molar-refractivity contribution in [1.29, 1.82) is 0 Å². The molecule has 0 aliphatic rings. The predicted molar refractivity (Wildman–Crippen MR) is 67.8 cm³/mol. The van der Waals surface area contributed by atoms with Gasteiger partial charge in [-0.05, 0) is 24.2 Å². The molecule has 0 saturated heterocycles. The standard InChI is InChI=1S/C12H9ClN2O2/c13-9-6-7-12(15(16)17)11(8-9)14-10-4-2-1-3-5-10/h1-8,14H/i1D,2D,3D,4D,5D. The topological polar surface area (TPSA) is 55.2 Å². The van der Waals surface area contributed by atoms with Crippen molar-refractivity contribution in [3.8, 4) is 0 Å². The fourth-order valence-electron chi connectivity index (χ4n) is 1.21. The molecule has 0 aliphatic carbocycles. The van der Waals surface area contributed by atoms with Gasteiger partial charge < -0.3 is 5.32 Å². The van der Waals surface area contributed by atoms with E-state index in [0.29, 0.717) is 0 Å². The Morgan fingerprint density at radius 3 is 2.65 bits per heavy atom. The molecule has 1 N–H and O–H groups in total. The van der Waals surface area contributed by atoms with Crippen molar-refractivity contribution in [2.45, 2.75) is 0 Å². The molecule has 0 saturated carbocycles. The zero-order valence-electron chi connectivity index (χ0n) is 13.4. The molecule has 0 unspecified atom stereocenters. The molecule has 2 aromatic carbocycles. The summed E-state index contributed by atoms with van der Waals surface area (Å²) in [4.78, 5) is 10.3. The lowest BCUT2D eigenvalue weighted by Crippen LogP contribution is -1.96. The lowest BCUT2D eigenvalue weighted by molar-refractivity contribution is -0.383. The highest BCUT2D eigenvalue weighted by Crippen LogP contribution is 2.30. The maximum atomic E-state index is 11.0. The highest BCUT2D eigenvalue weighted by Gasteiger charge is 2.13. The van der Waals surface area contributed by atoms with E-state index in [9.17, 15) is 10.1 Å². The molecule has 0 fully saturated rings. The molecular weight excluding hydrogens is 240 g/mol. The van der Waals surface area contributed by atoms with Gasteiger partial charge in [0.25, 0.3) is 5.69 Å². The first-order valence-corrected chi connectivity index (χ1v) is 4.89. The van der Waals surface area contributed by atoms with Gasteiger partial charge >= 0.3 is 0 Å². The van der Waals surface area contributed by atoms with Crippen LogP contribution in [0.3, 0.4) is 0 Å². The first-order valence-electron chi connectivity index (χ1n) is 7.02. The molecule has 4 nitrogen and oxygen atoms in total. The molecule has 0 bridgehead atoms. The highest BCUT2D eigenvalue weighted by molar-refractivity contribution is 6.31. The van der Waals surface area contributed by atoms with Gasteiger partial charge in [0.2, 0.25) is 0 Å². The minimum absolute atomic E-state index is 0.0592. The SMILES string of the molecule is [2H]c1c([2H])c([2H])c(Nc2cc(Cl)ccc2[N+](=O)[O-])c([2H])c1[2H]. The predicted octanol–water partition coefficient (Wildman–Crippen LogP) is 3.99. The molecule has 2 rings (SSSR count). The molecule has 86 valence electrons. The van der Waals surface area contributed by atoms with Gasteiger partial charge in [0, 0.05) is 16.8 Å². The summed E-state index contributed by atoms with van der Waals surface area (Å²) in [5, 5.41) is 13.7. The molecule has 0 aromatic heterocycles. The fourth-order valence-corrected chi connectivity index (χ4v) is 1.39. The molecule has 2 aromatic rings. The van der Waals surface area contributed by atoms with E-state index in [1.165, 1.54) is 18.2 Å². The second-order valence-corrected chi connectivity index (χ2v) is 3.48. The molecule has 17 heavy (non-hydrogen) atoms. The van der Waals surface area contributed by atoms with Gasteiger partial charge in [0.1, 0.15) is 5.69 Å². The number of nitro benzene ring substituents is 1. The van der Waals surface area contributed by atoms with Crippen LogP contribution in [0.2, 0.25) is 5.02 Å². The number of hydrogen-bond donors (Lipinski definition) is 1. The summed E-state index contributed by atoms with van der Waals surface area (Å²) in [5.41, 5.74) is -0.636. The molecule has 0 amide bonds. The molecule has 0 aliphatic heterocycles. The smallest absolute Gasteiger partial charge is 0.292 e. The van der Waals surface area contributed by atoms with Crippen LogP contribution in [-0.2, 0) is 0 Å². The maximum Gasteiger partial charge on any atom is 0.292 e. The van der Waals surface area contributed by atoms with Crippen LogP contribution in [0.1, 0.15) is 6.85 Å². The largest absolute Gasteiger partial charge is 0.350 e. The van der Waals surface area contributed by atoms with Crippen LogP contribution >= 0.6 is 11.6 Å². The third-order valence-electron chi connectivity index (χ3n) is 1.91. The number of para-hydroxylation sites is 1. The van der Waals surface area contributed by atoms with Gasteiger partial charge in [-0.25, -0.2) is 0 Å². The van der Waals surface area contributed by atoms with Gasteiger partial charge in [-0.3, -0.25) is 10.1 Å². The second kappa shape index (κ2) is 4.84. The number of nitrogens with one attached hydrogen (secondary N) is 1. The van der Waals surface area contributed by atoms with Crippen molar-refractivity contribution in [3.05, 3.63) is 63.5 Å². The number of benzene rings is 2. The minimum atomic E-state index is -0.659. The third kappa shape index (κ3) is 2.73. The number of rotatable bonds is 3. The molecule has 0 spiro atoms. The quantitative estimate of drug-likeness (QED) is 0.665. The first kappa shape index (κ1) is 6.61. The monoisotopic (exact) mass is 253 g/mol. The van der Waals surface area contributed by atoms with Crippen LogP contribution in [0.5, 0.6) is 0 Å². The Balaban J connectivity index is 2.62. The van der Waals surface area contributed by atoms with Crippen LogP contribution in [0.15, 0.2) is 48.4 Å². The number of nitro groups is 1. The van der Waals surface area contributed by atoms with E-state index in [1.54, 1.807) is 0 Å². The van der Waals surface area contributed by atoms with Gasteiger partial charge in [-0.1, -0.05) is 29.7 Å². The summed E-state index contributed by atoms with van der Waals surface area (Å²) in [6.07, 6.45) is 0. The van der Waals surface area contributed by atoms with Gasteiger partial charge in [0.15, 0.2) is 0 Å². The van der Waals surface area contributed by atoms with Crippen molar-refractivity contribution in [2.75, 3.05) is 5.32 Å². The van der Waals surface area contributed by atoms with E-state index in [4.69, 9.17) is 18.5 Å². The normalized spacial score (nSPS) is 14.1. The van der Waals surface area contributed by atoms with Crippen LogP contribution in [-0.4, -0.2) is 4.92 Å². The summed E-state index contributed by atoms with van der Waals surface area (Å²) in [7, 11) is 0. The zero-order chi connectivity index (χ0) is 16.6. The van der Waals surface area contributed by atoms with Gasteiger partial charge in [-0.2, -0.15) is 0 Å². The maximum absolute atomic E-state index is 11.0. The van der Waals surface area contributed by atoms with E-state index < -0.39 is 35.1 Å². The highest BCUT2D eigenvalue weighted by atomic mass is 35.5. The van der Waals surface area contributed by atoms with Crippen LogP contribution in [0.25, 0.3) is 0 Å². The van der Waals surface area contributed by atoms with Crippen molar-refractivity contribution in [3.63, 3.8) is 0 Å². The summed E-state index contributed by atoms with van der Waals surface area (Å²) < 4.78 is 38.2. The number of nitrogens with zero attached hydrogens (tertiary/aromatic N) is 1. The molecular formula is C12H9ClN2O2. The van der Waals surface area contributed by atoms with Crippen molar-refractivity contribution in [2.24, 2.45) is 0 Å². The Labute approximate surface area is 110 Å². The average Bonchev–Trinajstić information content (AvgIpc) is 2.47. The number of halogens is 1. The third-order valence-corrected chi connectivity index (χ3v) is 2.15. The zero-order valence-corrected chi connectivity index (χ0v) is 9.13. The Bertz CT molecular complexity index is 756. The summed E-state index contributed by atoms with van der Waals surface area (Å²) in [6, 6.07) is 1.16. The Kier molecular flexibility index (Phi) is 1.88. The summed E-state index contributed by atoms with van der Waals surface area (Å²) in [6.45, 7) is 0. The number of hydrogen-bond acceptors (Lipinski definition) is 3. The lowest BCUT2D eigenvalue weighted by atomic mass is 10.2. The summed E-state index contributed by atoms with van der Waals surface area (Å²) >= 11 is 5.79. The van der Waals surface area contributed by atoms with Gasteiger partial charge in [0.05, 0.1) is 11.8 Å². The van der Waals surface area contributed by atoms with E-state index in [-0.39, 0.29) is 22.1 Å². The Morgan fingerprint density at radius 1 is 1.29 bits per heavy atom. The second-order valence-electron chi connectivity index (χ2n) is 3.04. The number of anilines is 2. The van der Waals surface area contributed by atoms with E-state index in [1.807, 2.05) is 0 Å². The van der Waals surface area contributed by atoms with Gasteiger partial charge in [-0.15, -0.1) is 0 Å². The minimum Gasteiger partial charge on any atom is -0.350 e. The fraction of sp³-hybridized carbons (Fsp3) is 0. The van der Waals surface area contributed by atoms with E-state index in [0.717, 1.165) is 0 Å². The van der Waals surface area contributed by atoms with Crippen LogP contribution < -0.4 is 5.32 Å². The van der Waals surface area contributed by atoms with Crippen LogP contribution in [0, 0.1) is 10.1 Å². The average molecular weight is 254 g/mol. The van der Waals surface area contributed by atoms with E-state index in [2.05, 4.69) is 5.32 Å². The Hall–Kier alpha value is -2.07. The Morgan fingerprint density at radius 2 is 2.00 bits per heavy atom. The van der Waals surface area contributed by atoms with E-state index >= 15 is 0 Å². The van der Waals surface area contributed by atoms with Crippen LogP contribution in [0.4, 0.5) is 17.1 Å².